The van der Waals surface area contributed by atoms with Crippen LogP contribution in [0.1, 0.15) is 321 Å². The minimum absolute atomic E-state index is 0. The van der Waals surface area contributed by atoms with Crippen LogP contribution >= 0.6 is 0 Å². The van der Waals surface area contributed by atoms with Crippen LogP contribution in [0.2, 0.25) is 0 Å². The van der Waals surface area contributed by atoms with E-state index in [0.29, 0.717) is 90.1 Å². The molecular formula is C92H108Cu2O24. The summed E-state index contributed by atoms with van der Waals surface area (Å²) >= 11 is 0. The molecule has 0 amide bonds. The van der Waals surface area contributed by atoms with E-state index in [1.54, 1.807) is 6.07 Å². The van der Waals surface area contributed by atoms with Crippen molar-refractivity contribution in [2.75, 3.05) is 0 Å². The van der Waals surface area contributed by atoms with Crippen molar-refractivity contribution in [2.45, 2.75) is 285 Å². The first kappa shape index (κ1) is 90.3. The average molecular weight is 1720 g/mol. The van der Waals surface area contributed by atoms with Crippen molar-refractivity contribution in [3.8, 4) is 23.0 Å². The van der Waals surface area contributed by atoms with E-state index in [-0.39, 0.29) is 150 Å². The zero-order chi connectivity index (χ0) is 83.7. The van der Waals surface area contributed by atoms with Crippen LogP contribution in [0.5, 0.6) is 23.0 Å². The summed E-state index contributed by atoms with van der Waals surface area (Å²) in [6, 6.07) is 13.3. The number of carboxylic acids is 4. The Labute approximate surface area is 710 Å². The molecule has 20 unspecified atom stereocenters. The molecule has 8 saturated carbocycles. The zero-order valence-corrected chi connectivity index (χ0v) is 71.1. The Morgan fingerprint density at radius 3 is 0.788 bits per heavy atom. The van der Waals surface area contributed by atoms with E-state index in [4.69, 9.17) is 37.9 Å². The predicted molar refractivity (Wildman–Crippen MR) is 409 cm³/mol. The molecule has 0 saturated heterocycles. The van der Waals surface area contributed by atoms with Crippen LogP contribution in [-0.2, 0) is 117 Å². The second-order valence-corrected chi connectivity index (χ2v) is 36.1. The SMILES string of the molecule is CC(=O)Oc1c(C(=O)[O-])ccc2c1CCC1C2CCC2(C)C(OC(C)=O)CCC12.CC(=O)Oc1c(C(=O)[O-])ccc2c1CCC1C2CCC2(C)C(OC(C)=O)CCC12.CC(=O)Oc1c(C(=O)[O-])ccc2c1CCC1C2CCC2(C)C(OC(C)=O)CCC12.CC(=O)Oc1cc(C(=O)[O-])cc2c1CCC1C2CCC2(C)C(OC(C)=O)CCC12.[Cu+2].[Cu+2]. The first-order valence-corrected chi connectivity index (χ1v) is 41.8. The number of carbonyl (C=O) groups excluding carboxylic acids is 12. The van der Waals surface area contributed by atoms with Gasteiger partial charge in [-0.15, -0.1) is 0 Å². The standard InChI is InChI=1S/4C23H28O6.2Cu/c3*1-12(24)28-20-9-8-19-16-5-6-17-14(15(16)10-11-23(19,20)3)4-7-18(22(26)27)21(17)29-13(2)25;1-12(24)28-20-11-14(22(26)27)10-18-15-8-9-23(3)19(16(15)4-5-17(18)20)6-7-21(23)29-13(2)25;;/h3*4,7,15-16,19-20H,5-6,8-11H2,1-3H3,(H,26,27);10-11,15-16,19,21H,4-9H2,1-3H3,(H,26,27);;/q;;;;2*+2/p-4. The summed E-state index contributed by atoms with van der Waals surface area (Å²) in [7, 11) is 0. The smallest absolute Gasteiger partial charge is 0.545 e. The first-order valence-electron chi connectivity index (χ1n) is 41.8. The van der Waals surface area contributed by atoms with Gasteiger partial charge in [-0.2, -0.15) is 0 Å². The normalized spacial score (nSPS) is 32.0. The van der Waals surface area contributed by atoms with E-state index in [9.17, 15) is 78.0 Å². The Morgan fingerprint density at radius 2 is 0.551 bits per heavy atom. The molecule has 20 atom stereocenters. The quantitative estimate of drug-likeness (QED) is 0.0550. The monoisotopic (exact) mass is 1720 g/mol. The molecule has 16 rings (SSSR count). The first-order chi connectivity index (χ1) is 54.9. The summed E-state index contributed by atoms with van der Waals surface area (Å²) in [5.41, 5.74) is 7.55. The molecule has 4 aromatic rings. The fourth-order valence-electron chi connectivity index (χ4n) is 25.6. The Hall–Kier alpha value is -8.44. The van der Waals surface area contributed by atoms with Gasteiger partial charge in [-0.25, -0.2) is 0 Å². The molecule has 642 valence electrons. The molecule has 0 N–H and O–H groups in total. The molecular weight excluding hydrogens is 1620 g/mol. The fraction of sp³-hybridized carbons (Fsp3) is 0.609. The number of rotatable bonds is 12. The summed E-state index contributed by atoms with van der Waals surface area (Å²) in [5, 5.41) is 46.2. The van der Waals surface area contributed by atoms with Crippen LogP contribution in [0.4, 0.5) is 0 Å². The van der Waals surface area contributed by atoms with E-state index < -0.39 is 47.8 Å². The van der Waals surface area contributed by atoms with Crippen LogP contribution in [0.15, 0.2) is 48.5 Å². The number of fused-ring (bicyclic) bond motifs is 20. The Kier molecular flexibility index (Phi) is 27.3. The summed E-state index contributed by atoms with van der Waals surface area (Å²) < 4.78 is 44.0. The molecule has 2 radical (unpaired) electrons. The number of esters is 8. The Bertz CT molecular complexity index is 4320. The molecule has 12 aliphatic rings. The maximum absolute atomic E-state index is 11.6. The van der Waals surface area contributed by atoms with E-state index in [2.05, 4.69) is 27.7 Å². The molecule has 0 heterocycles. The van der Waals surface area contributed by atoms with Gasteiger partial charge in [-0.1, -0.05) is 45.9 Å². The molecule has 0 spiro atoms. The number of aromatic carboxylic acids is 4. The van der Waals surface area contributed by atoms with E-state index in [1.807, 2.05) is 18.2 Å². The van der Waals surface area contributed by atoms with Gasteiger partial charge in [0, 0.05) is 99.3 Å². The van der Waals surface area contributed by atoms with Gasteiger partial charge in [-0.05, 0) is 300 Å². The predicted octanol–water partition coefficient (Wildman–Crippen LogP) is 11.0. The third-order valence-electron chi connectivity index (χ3n) is 30.2. The summed E-state index contributed by atoms with van der Waals surface area (Å²) in [4.78, 5) is 139. The molecule has 12 aliphatic carbocycles. The second kappa shape index (κ2) is 35.7. The average Bonchev–Trinajstić information content (AvgIpc) is 1.43. The van der Waals surface area contributed by atoms with Crippen molar-refractivity contribution in [3.05, 3.63) is 115 Å². The minimum atomic E-state index is -1.33. The molecule has 26 heteroatoms. The Morgan fingerprint density at radius 1 is 0.297 bits per heavy atom. The van der Waals surface area contributed by atoms with Crippen molar-refractivity contribution in [3.63, 3.8) is 0 Å². The molecule has 4 aromatic carbocycles. The maximum atomic E-state index is 11.6. The number of carboxylic acid groups (broad SMARTS) is 4. The number of carbonyl (C=O) groups is 12. The van der Waals surface area contributed by atoms with Crippen LogP contribution in [0, 0.1) is 69.0 Å². The zero-order valence-electron chi connectivity index (χ0n) is 69.2. The van der Waals surface area contributed by atoms with Gasteiger partial charge in [0.05, 0.1) is 23.9 Å². The molecule has 0 aromatic heterocycles. The number of benzene rings is 4. The van der Waals surface area contributed by atoms with Crippen LogP contribution in [-0.4, -0.2) is 96.0 Å². The summed E-state index contributed by atoms with van der Waals surface area (Å²) in [6.45, 7) is 20.1. The maximum Gasteiger partial charge on any atom is 2.00 e. The molecule has 24 nitrogen and oxygen atoms in total. The van der Waals surface area contributed by atoms with Gasteiger partial charge in [0.1, 0.15) is 47.4 Å². The topological polar surface area (TPSA) is 371 Å². The largest absolute Gasteiger partial charge is 2.00 e. The third-order valence-corrected chi connectivity index (χ3v) is 30.2. The van der Waals surface area contributed by atoms with Crippen molar-refractivity contribution in [2.24, 2.45) is 69.0 Å². The van der Waals surface area contributed by atoms with Crippen molar-refractivity contribution in [1.29, 1.82) is 0 Å². The van der Waals surface area contributed by atoms with Gasteiger partial charge in [-0.3, -0.25) is 38.4 Å². The summed E-state index contributed by atoms with van der Waals surface area (Å²) in [5.74, 6) is -2.58. The van der Waals surface area contributed by atoms with Gasteiger partial charge >= 0.3 is 81.9 Å². The van der Waals surface area contributed by atoms with E-state index in [0.717, 1.165) is 179 Å². The molecule has 0 bridgehead atoms. The Balaban J connectivity index is 0.000000153. The van der Waals surface area contributed by atoms with Crippen molar-refractivity contribution < 1.29 is 150 Å². The minimum Gasteiger partial charge on any atom is -0.545 e. The second-order valence-electron chi connectivity index (χ2n) is 36.1. The van der Waals surface area contributed by atoms with Crippen LogP contribution in [0.3, 0.4) is 0 Å². The van der Waals surface area contributed by atoms with E-state index in [1.165, 1.54) is 79.7 Å². The molecule has 0 aliphatic heterocycles. The number of hydrogen-bond acceptors (Lipinski definition) is 24. The van der Waals surface area contributed by atoms with Crippen molar-refractivity contribution >= 4 is 71.6 Å². The molecule has 8 fully saturated rings. The van der Waals surface area contributed by atoms with Gasteiger partial charge in [0.25, 0.3) is 0 Å². The van der Waals surface area contributed by atoms with Gasteiger partial charge in [0.2, 0.25) is 0 Å². The van der Waals surface area contributed by atoms with E-state index >= 15 is 0 Å². The molecule has 118 heavy (non-hydrogen) atoms. The number of hydrogen-bond donors (Lipinski definition) is 0. The van der Waals surface area contributed by atoms with Crippen molar-refractivity contribution in [1.82, 2.24) is 0 Å². The number of ether oxygens (including phenoxy) is 8. The van der Waals surface area contributed by atoms with Gasteiger partial charge < -0.3 is 77.5 Å². The van der Waals surface area contributed by atoms with Crippen LogP contribution in [0.25, 0.3) is 0 Å². The summed E-state index contributed by atoms with van der Waals surface area (Å²) in [6.07, 6.45) is 21.6. The fourth-order valence-corrected chi connectivity index (χ4v) is 25.6. The third kappa shape index (κ3) is 17.2. The van der Waals surface area contributed by atoms with Crippen LogP contribution < -0.4 is 39.4 Å². The van der Waals surface area contributed by atoms with Gasteiger partial charge in [0.15, 0.2) is 0 Å².